The molecule has 1 N–H and O–H groups in total. The van der Waals surface area contributed by atoms with Gasteiger partial charge in [-0.25, -0.2) is 0 Å². The van der Waals surface area contributed by atoms with E-state index in [-0.39, 0.29) is 6.61 Å². The lowest BCUT2D eigenvalue weighted by Crippen LogP contribution is -2.05. The van der Waals surface area contributed by atoms with Gasteiger partial charge in [-0.3, -0.25) is 0 Å². The monoisotopic (exact) mass is 182 g/mol. The molecule has 13 heavy (non-hydrogen) atoms. The van der Waals surface area contributed by atoms with Gasteiger partial charge in [0, 0.05) is 13.0 Å². The summed E-state index contributed by atoms with van der Waals surface area (Å²) in [6.07, 6.45) is 7.09. The maximum atomic E-state index is 8.80. The fourth-order valence-corrected chi connectivity index (χ4v) is 1.58. The number of aliphatic hydroxyl groups excluding tert-OH is 1. The van der Waals surface area contributed by atoms with Gasteiger partial charge in [0.15, 0.2) is 0 Å². The number of rotatable bonds is 4. The molecule has 0 bridgehead atoms. The molecule has 1 rings (SSSR count). The molecule has 0 radical (unpaired) electrons. The minimum Gasteiger partial charge on any atom is -0.501 e. The first-order chi connectivity index (χ1) is 6.27. The molecule has 0 aromatic carbocycles. The molecule has 1 atom stereocenters. The second kappa shape index (κ2) is 5.07. The Bertz CT molecular complexity index is 216. The zero-order valence-corrected chi connectivity index (χ0v) is 8.42. The molecular formula is C11H18O2. The van der Waals surface area contributed by atoms with Crippen molar-refractivity contribution in [2.75, 3.05) is 13.7 Å². The van der Waals surface area contributed by atoms with Crippen LogP contribution in [-0.2, 0) is 4.74 Å². The highest BCUT2D eigenvalue weighted by molar-refractivity contribution is 5.20. The Morgan fingerprint density at radius 3 is 2.69 bits per heavy atom. The Labute approximate surface area is 79.9 Å². The molecule has 0 saturated carbocycles. The summed E-state index contributed by atoms with van der Waals surface area (Å²) in [5.74, 6) is 1.56. The van der Waals surface area contributed by atoms with Crippen LogP contribution in [0.5, 0.6) is 0 Å². The van der Waals surface area contributed by atoms with E-state index in [1.165, 1.54) is 5.57 Å². The Hall–Kier alpha value is -0.760. The third kappa shape index (κ3) is 2.88. The molecule has 2 nitrogen and oxygen atoms in total. The third-order valence-electron chi connectivity index (χ3n) is 2.59. The Morgan fingerprint density at radius 1 is 1.46 bits per heavy atom. The van der Waals surface area contributed by atoms with Gasteiger partial charge in [-0.2, -0.15) is 0 Å². The van der Waals surface area contributed by atoms with Crippen LogP contribution in [0, 0.1) is 5.92 Å². The quantitative estimate of drug-likeness (QED) is 0.676. The van der Waals surface area contributed by atoms with Crippen molar-refractivity contribution in [2.45, 2.75) is 26.2 Å². The van der Waals surface area contributed by atoms with Crippen LogP contribution < -0.4 is 0 Å². The van der Waals surface area contributed by atoms with Gasteiger partial charge in [0.25, 0.3) is 0 Å². The normalized spacial score (nSPS) is 19.0. The molecular weight excluding hydrogens is 164 g/mol. The van der Waals surface area contributed by atoms with Gasteiger partial charge < -0.3 is 9.84 Å². The van der Waals surface area contributed by atoms with Crippen LogP contribution in [0.3, 0.4) is 0 Å². The largest absolute Gasteiger partial charge is 0.501 e. The molecule has 1 aliphatic rings. The topological polar surface area (TPSA) is 29.5 Å². The van der Waals surface area contributed by atoms with E-state index in [1.807, 2.05) is 0 Å². The molecule has 1 aliphatic carbocycles. The SMILES string of the molecule is COC1=CCC(C(C)CCO)=CC1. The summed E-state index contributed by atoms with van der Waals surface area (Å²) < 4.78 is 5.15. The standard InChI is InChI=1S/C11H18O2/c1-9(7-8-12)10-3-5-11(13-2)6-4-10/h3,6,9,12H,4-5,7-8H2,1-2H3. The average Bonchev–Trinajstić information content (AvgIpc) is 2.18. The van der Waals surface area contributed by atoms with E-state index in [9.17, 15) is 0 Å². The molecule has 1 unspecified atom stereocenters. The van der Waals surface area contributed by atoms with Crippen molar-refractivity contribution in [2.24, 2.45) is 5.92 Å². The fraction of sp³-hybridized carbons (Fsp3) is 0.636. The summed E-state index contributed by atoms with van der Waals surface area (Å²) in [4.78, 5) is 0. The van der Waals surface area contributed by atoms with Crippen LogP contribution in [0.25, 0.3) is 0 Å². The van der Waals surface area contributed by atoms with Gasteiger partial charge in [-0.05, 0) is 24.8 Å². The minimum atomic E-state index is 0.277. The zero-order chi connectivity index (χ0) is 9.68. The van der Waals surface area contributed by atoms with E-state index in [4.69, 9.17) is 9.84 Å². The number of aliphatic hydroxyl groups is 1. The van der Waals surface area contributed by atoms with Crippen LogP contribution >= 0.6 is 0 Å². The lowest BCUT2D eigenvalue weighted by molar-refractivity contribution is 0.267. The maximum Gasteiger partial charge on any atom is 0.0956 e. The number of methoxy groups -OCH3 is 1. The molecule has 0 spiro atoms. The van der Waals surface area contributed by atoms with Gasteiger partial charge in [0.05, 0.1) is 12.9 Å². The van der Waals surface area contributed by atoms with Gasteiger partial charge in [0.2, 0.25) is 0 Å². The predicted molar refractivity (Wildman–Crippen MR) is 53.3 cm³/mol. The number of ether oxygens (including phenoxy) is 1. The molecule has 2 heteroatoms. The summed E-state index contributed by atoms with van der Waals surface area (Å²) >= 11 is 0. The van der Waals surface area contributed by atoms with Gasteiger partial charge in [0.1, 0.15) is 0 Å². The van der Waals surface area contributed by atoms with Crippen molar-refractivity contribution in [1.82, 2.24) is 0 Å². The van der Waals surface area contributed by atoms with Crippen molar-refractivity contribution >= 4 is 0 Å². The molecule has 74 valence electrons. The lowest BCUT2D eigenvalue weighted by atomic mass is 9.91. The smallest absolute Gasteiger partial charge is 0.0956 e. The molecule has 0 heterocycles. The van der Waals surface area contributed by atoms with E-state index < -0.39 is 0 Å². The first kappa shape index (κ1) is 10.3. The first-order valence-corrected chi connectivity index (χ1v) is 4.80. The number of hydrogen-bond donors (Lipinski definition) is 1. The van der Waals surface area contributed by atoms with E-state index in [1.54, 1.807) is 7.11 Å². The van der Waals surface area contributed by atoms with E-state index in [0.717, 1.165) is 25.0 Å². The van der Waals surface area contributed by atoms with Gasteiger partial charge in [-0.15, -0.1) is 0 Å². The molecule has 0 saturated heterocycles. The molecule has 0 aliphatic heterocycles. The average molecular weight is 182 g/mol. The van der Waals surface area contributed by atoms with E-state index >= 15 is 0 Å². The molecule has 0 aromatic rings. The van der Waals surface area contributed by atoms with Crippen molar-refractivity contribution in [3.63, 3.8) is 0 Å². The molecule has 0 amide bonds. The Balaban J connectivity index is 2.43. The number of allylic oxidation sites excluding steroid dienone is 3. The Kier molecular flexibility index (Phi) is 4.03. The van der Waals surface area contributed by atoms with Gasteiger partial charge >= 0.3 is 0 Å². The van der Waals surface area contributed by atoms with Crippen molar-refractivity contribution in [3.05, 3.63) is 23.5 Å². The third-order valence-corrected chi connectivity index (χ3v) is 2.59. The second-order valence-electron chi connectivity index (χ2n) is 3.48. The maximum absolute atomic E-state index is 8.80. The minimum absolute atomic E-state index is 0.277. The zero-order valence-electron chi connectivity index (χ0n) is 8.42. The second-order valence-corrected chi connectivity index (χ2v) is 3.48. The highest BCUT2D eigenvalue weighted by Gasteiger charge is 2.11. The van der Waals surface area contributed by atoms with E-state index in [0.29, 0.717) is 5.92 Å². The van der Waals surface area contributed by atoms with E-state index in [2.05, 4.69) is 19.1 Å². The van der Waals surface area contributed by atoms with Crippen molar-refractivity contribution in [1.29, 1.82) is 0 Å². The predicted octanol–water partition coefficient (Wildman–Crippen LogP) is 2.26. The molecule has 0 fully saturated rings. The highest BCUT2D eigenvalue weighted by atomic mass is 16.5. The van der Waals surface area contributed by atoms with Crippen LogP contribution in [0.1, 0.15) is 26.2 Å². The summed E-state index contributed by atoms with van der Waals surface area (Å²) in [7, 11) is 1.71. The van der Waals surface area contributed by atoms with Crippen LogP contribution in [0.2, 0.25) is 0 Å². The van der Waals surface area contributed by atoms with Crippen molar-refractivity contribution in [3.8, 4) is 0 Å². The lowest BCUT2D eigenvalue weighted by Gasteiger charge is -2.18. The van der Waals surface area contributed by atoms with Crippen LogP contribution in [0.4, 0.5) is 0 Å². The summed E-state index contributed by atoms with van der Waals surface area (Å²) in [5, 5.41) is 8.80. The summed E-state index contributed by atoms with van der Waals surface area (Å²) in [6, 6.07) is 0. The highest BCUT2D eigenvalue weighted by Crippen LogP contribution is 2.25. The number of hydrogen-bond acceptors (Lipinski definition) is 2. The molecule has 0 aromatic heterocycles. The van der Waals surface area contributed by atoms with Crippen LogP contribution in [0.15, 0.2) is 23.5 Å². The van der Waals surface area contributed by atoms with Gasteiger partial charge in [-0.1, -0.05) is 18.6 Å². The first-order valence-electron chi connectivity index (χ1n) is 4.80. The summed E-state index contributed by atoms with van der Waals surface area (Å²) in [5.41, 5.74) is 1.43. The Morgan fingerprint density at radius 2 is 2.23 bits per heavy atom. The van der Waals surface area contributed by atoms with Crippen molar-refractivity contribution < 1.29 is 9.84 Å². The summed E-state index contributed by atoms with van der Waals surface area (Å²) in [6.45, 7) is 2.44. The fourth-order valence-electron chi connectivity index (χ4n) is 1.58. The van der Waals surface area contributed by atoms with Crippen LogP contribution in [-0.4, -0.2) is 18.8 Å².